The zero-order valence-corrected chi connectivity index (χ0v) is 46.3. The molecular formula is C50H56I4N6S2. The molecule has 0 spiro atoms. The summed E-state index contributed by atoms with van der Waals surface area (Å²) < 4.78 is 6.38. The van der Waals surface area contributed by atoms with E-state index in [4.69, 9.17) is 0 Å². The fourth-order valence-electron chi connectivity index (χ4n) is 10.2. The molecular weight excluding hydrogens is 1260 g/mol. The smallest absolute Gasteiger partial charge is 0.213 e. The Balaban J connectivity index is 0.00000160. The van der Waals surface area contributed by atoms with Crippen LogP contribution in [0.2, 0.25) is 0 Å². The minimum absolute atomic E-state index is 0. The van der Waals surface area contributed by atoms with Crippen LogP contribution in [0.3, 0.4) is 0 Å². The van der Waals surface area contributed by atoms with Crippen LogP contribution < -0.4 is 90.9 Å². The maximum atomic E-state index is 2.74. The van der Waals surface area contributed by atoms with Crippen molar-refractivity contribution < 1.29 is 85.5 Å². The largest absolute Gasteiger partial charge is 1.00 e. The highest BCUT2D eigenvalue weighted by atomic mass is 127. The van der Waals surface area contributed by atoms with Gasteiger partial charge < -0.3 is 86.2 Å². The van der Waals surface area contributed by atoms with Crippen LogP contribution in [0.4, 0.5) is 11.4 Å². The molecule has 4 aromatic carbocycles. The summed E-state index contributed by atoms with van der Waals surface area (Å²) in [5, 5.41) is 5.20. The number of quaternary nitrogens is 1. The summed E-state index contributed by atoms with van der Waals surface area (Å²) in [5.41, 5.74) is 7.79. The van der Waals surface area contributed by atoms with Crippen molar-refractivity contribution >= 4 is 92.8 Å². The van der Waals surface area contributed by atoms with Crippen LogP contribution >= 0.6 is 47.5 Å². The average molecular weight is 1310 g/mol. The van der Waals surface area contributed by atoms with Gasteiger partial charge in [-0.3, -0.25) is 4.90 Å². The van der Waals surface area contributed by atoms with E-state index in [1.807, 2.05) is 23.5 Å². The first kappa shape index (κ1) is 49.7. The van der Waals surface area contributed by atoms with Crippen molar-refractivity contribution in [2.24, 2.45) is 0 Å². The SMILES string of the molecule is CC(CCC1CN2CC[N+]1(CCC(C)[n+]1ccc(C=C3Sc4ccccc4N3C)c3ccccc31)CC2)[n+]1ccc(C=C2Sc3ccccc3N2C)c2ccccc21.I.[I-].[I-].[I-]. The lowest BCUT2D eigenvalue weighted by Crippen LogP contribution is -3.00. The summed E-state index contributed by atoms with van der Waals surface area (Å²) >= 11 is 3.73. The van der Waals surface area contributed by atoms with Crippen LogP contribution in [-0.2, 0) is 0 Å². The molecule has 0 saturated carbocycles. The summed E-state index contributed by atoms with van der Waals surface area (Å²) in [4.78, 5) is 10.0. The first-order chi connectivity index (χ1) is 28.3. The lowest BCUT2D eigenvalue weighted by molar-refractivity contribution is -0.966. The van der Waals surface area contributed by atoms with E-state index in [9.17, 15) is 0 Å². The Morgan fingerprint density at radius 3 is 1.58 bits per heavy atom. The predicted molar refractivity (Wildman–Crippen MR) is 259 cm³/mol. The maximum Gasteiger partial charge on any atom is 0.213 e. The van der Waals surface area contributed by atoms with E-state index in [1.165, 1.54) is 127 Å². The summed E-state index contributed by atoms with van der Waals surface area (Å²) in [5.74, 6) is 0. The number of para-hydroxylation sites is 4. The Bertz CT molecular complexity index is 2600. The van der Waals surface area contributed by atoms with Crippen LogP contribution in [0.25, 0.3) is 34.0 Å². The molecule has 0 aliphatic carbocycles. The molecule has 7 heterocycles. The third-order valence-electron chi connectivity index (χ3n) is 13.7. The predicted octanol–water partition coefficient (Wildman–Crippen LogP) is 1.79. The number of halogens is 4. The molecule has 2 aromatic heterocycles. The molecule has 326 valence electrons. The maximum absolute atomic E-state index is 2.74. The van der Waals surface area contributed by atoms with Gasteiger partial charge in [-0.25, -0.2) is 0 Å². The van der Waals surface area contributed by atoms with Crippen LogP contribution in [0.15, 0.2) is 141 Å². The molecule has 3 saturated heterocycles. The number of piperazine rings is 3. The molecule has 0 amide bonds. The molecule has 5 aliphatic rings. The fourth-order valence-corrected chi connectivity index (χ4v) is 12.4. The topological polar surface area (TPSA) is 17.5 Å². The molecule has 3 fully saturated rings. The Morgan fingerprint density at radius 2 is 1.08 bits per heavy atom. The lowest BCUT2D eigenvalue weighted by atomic mass is 9.95. The van der Waals surface area contributed by atoms with Crippen LogP contribution in [0, 0.1) is 0 Å². The Hall–Kier alpha value is -1.68. The van der Waals surface area contributed by atoms with Crippen molar-refractivity contribution in [1.29, 1.82) is 0 Å². The van der Waals surface area contributed by atoms with Crippen molar-refractivity contribution in [3.05, 3.63) is 143 Å². The van der Waals surface area contributed by atoms with Gasteiger partial charge in [-0.2, -0.15) is 9.13 Å². The van der Waals surface area contributed by atoms with Crippen molar-refractivity contribution in [1.82, 2.24) is 4.90 Å². The number of benzene rings is 4. The standard InChI is InChI=1S/C50H55N6S2.4HI/c1-36(54-26-23-38(41-13-5-7-15-43(41)54)33-49-51(3)45-17-9-11-19-47(45)57-49)21-22-40-35-53-28-31-56(40,32-29-53)30-25-37(2)55-27-24-39(42-14-6-8-16-44(42)55)34-50-52(4)46-18-10-12-20-48(46)58-50;;;;/h5-20,23-24,26-27,33-34,36-37,40H,21-22,25,28-32,35H2,1-4H3;4*1H/q+3;;;;/p-3. The van der Waals surface area contributed by atoms with Crippen molar-refractivity contribution in [3.63, 3.8) is 0 Å². The number of rotatable bonds is 10. The van der Waals surface area contributed by atoms with Crippen LogP contribution in [0.1, 0.15) is 56.3 Å². The average Bonchev–Trinajstić information content (AvgIpc) is 3.76. The van der Waals surface area contributed by atoms with Crippen LogP contribution in [-0.4, -0.2) is 68.8 Å². The minimum atomic E-state index is 0. The van der Waals surface area contributed by atoms with Gasteiger partial charge in [0.1, 0.15) is 6.04 Å². The van der Waals surface area contributed by atoms with Gasteiger partial charge in [-0.1, -0.05) is 72.1 Å². The molecule has 3 unspecified atom stereocenters. The highest BCUT2D eigenvalue weighted by Crippen LogP contribution is 2.47. The zero-order chi connectivity index (χ0) is 39.4. The number of anilines is 2. The molecule has 6 aromatic rings. The number of aromatic nitrogens is 2. The number of nitrogens with zero attached hydrogens (tertiary/aromatic N) is 6. The molecule has 11 rings (SSSR count). The first-order valence-electron chi connectivity index (χ1n) is 21.2. The molecule has 0 radical (unpaired) electrons. The highest BCUT2D eigenvalue weighted by molar-refractivity contribution is 14.0. The van der Waals surface area contributed by atoms with Gasteiger partial charge in [-0.05, 0) is 73.5 Å². The molecule has 0 N–H and O–H groups in total. The van der Waals surface area contributed by atoms with E-state index in [2.05, 4.69) is 186 Å². The molecule has 12 heteroatoms. The zero-order valence-electron chi connectivity index (χ0n) is 35.8. The number of pyridine rings is 2. The summed E-state index contributed by atoms with van der Waals surface area (Å²) in [6.45, 7) is 12.4. The molecule has 62 heavy (non-hydrogen) atoms. The third-order valence-corrected chi connectivity index (χ3v) is 16.1. The number of fused-ring (bicyclic) bond motifs is 7. The molecule has 5 aliphatic heterocycles. The van der Waals surface area contributed by atoms with Gasteiger partial charge in [0.25, 0.3) is 0 Å². The third kappa shape index (κ3) is 9.59. The summed E-state index contributed by atoms with van der Waals surface area (Å²) in [6, 6.07) is 41.6. The monoisotopic (exact) mass is 1310 g/mol. The van der Waals surface area contributed by atoms with E-state index in [0.29, 0.717) is 18.1 Å². The second kappa shape index (κ2) is 21.3. The normalized spacial score (nSPS) is 22.1. The summed E-state index contributed by atoms with van der Waals surface area (Å²) in [7, 11) is 4.37. The second-order valence-electron chi connectivity index (χ2n) is 17.0. The first-order valence-corrected chi connectivity index (χ1v) is 22.9. The van der Waals surface area contributed by atoms with E-state index in [1.54, 1.807) is 0 Å². The lowest BCUT2D eigenvalue weighted by Gasteiger charge is -2.56. The quantitative estimate of drug-likeness (QED) is 0.118. The van der Waals surface area contributed by atoms with Crippen molar-refractivity contribution in [3.8, 4) is 0 Å². The second-order valence-corrected chi connectivity index (χ2v) is 19.1. The Labute approximate surface area is 445 Å². The van der Waals surface area contributed by atoms with Gasteiger partial charge in [0.05, 0.1) is 64.8 Å². The van der Waals surface area contributed by atoms with E-state index in [-0.39, 0.29) is 95.9 Å². The van der Waals surface area contributed by atoms with Crippen molar-refractivity contribution in [2.75, 3.05) is 63.2 Å². The van der Waals surface area contributed by atoms with Gasteiger partial charge in [0.2, 0.25) is 11.0 Å². The van der Waals surface area contributed by atoms with E-state index in [0.717, 1.165) is 0 Å². The van der Waals surface area contributed by atoms with E-state index < -0.39 is 0 Å². The van der Waals surface area contributed by atoms with E-state index >= 15 is 0 Å². The number of hydrogen-bond acceptors (Lipinski definition) is 5. The number of hydrogen-bond donors (Lipinski definition) is 0. The van der Waals surface area contributed by atoms with Crippen LogP contribution in [0.5, 0.6) is 0 Å². The number of thioether (sulfide) groups is 2. The molecule has 2 bridgehead atoms. The Morgan fingerprint density at radius 1 is 0.629 bits per heavy atom. The van der Waals surface area contributed by atoms with Gasteiger partial charge in [0.15, 0.2) is 24.5 Å². The van der Waals surface area contributed by atoms with Gasteiger partial charge in [-0.15, -0.1) is 24.0 Å². The molecule has 6 nitrogen and oxygen atoms in total. The van der Waals surface area contributed by atoms with Crippen molar-refractivity contribution in [2.45, 2.75) is 61.0 Å². The summed E-state index contributed by atoms with van der Waals surface area (Å²) in [6.07, 6.45) is 13.1. The van der Waals surface area contributed by atoms with Gasteiger partial charge >= 0.3 is 0 Å². The minimum Gasteiger partial charge on any atom is -1.00 e. The fraction of sp³-hybridized carbons (Fsp3) is 0.320. The highest BCUT2D eigenvalue weighted by Gasteiger charge is 2.46. The Kier molecular flexibility index (Phi) is 17.1. The molecule has 3 atom stereocenters. The van der Waals surface area contributed by atoms with Gasteiger partial charge in [0, 0.05) is 74.1 Å².